The third-order valence-electron chi connectivity index (χ3n) is 2.91. The molecule has 1 heterocycles. The van der Waals surface area contributed by atoms with Gasteiger partial charge in [0.1, 0.15) is 0 Å². The highest BCUT2D eigenvalue weighted by Gasteiger charge is 2.06. The molecular weight excluding hydrogens is 212 g/mol. The Kier molecular flexibility index (Phi) is 3.42. The van der Waals surface area contributed by atoms with Gasteiger partial charge in [-0.2, -0.15) is 0 Å². The molecule has 0 amide bonds. The first-order chi connectivity index (χ1) is 8.20. The Balaban J connectivity index is 2.25. The molecule has 1 atom stereocenters. The number of nitrogen functional groups attached to an aromatic ring is 1. The topological polar surface area (TPSA) is 63.8 Å². The minimum absolute atomic E-state index is 0.465. The molecule has 0 aliphatic heterocycles. The lowest BCUT2D eigenvalue weighted by Crippen LogP contribution is -2.13. The van der Waals surface area contributed by atoms with Crippen molar-refractivity contribution in [3.8, 4) is 0 Å². The maximum Gasteiger partial charge on any atom is 0.169 e. The van der Waals surface area contributed by atoms with Gasteiger partial charge in [0.05, 0.1) is 11.0 Å². The van der Waals surface area contributed by atoms with E-state index in [9.17, 15) is 0 Å². The van der Waals surface area contributed by atoms with Gasteiger partial charge in [0.25, 0.3) is 0 Å². The molecule has 1 unspecified atom stereocenters. The quantitative estimate of drug-likeness (QED) is 0.847. The number of nitrogens with zero attached hydrogens (tertiary/aromatic N) is 2. The van der Waals surface area contributed by atoms with Crippen LogP contribution in [0.25, 0.3) is 11.0 Å². The Morgan fingerprint density at radius 1 is 1.24 bits per heavy atom. The van der Waals surface area contributed by atoms with E-state index in [0.717, 1.165) is 24.0 Å². The fourth-order valence-electron chi connectivity index (χ4n) is 1.56. The normalized spacial score (nSPS) is 12.6. The Bertz CT molecular complexity index is 510. The molecule has 1 aromatic carbocycles. The van der Waals surface area contributed by atoms with Crippen LogP contribution in [-0.4, -0.2) is 16.5 Å². The number of nitrogens with one attached hydrogen (secondary N) is 1. The van der Waals surface area contributed by atoms with E-state index >= 15 is 0 Å². The fourth-order valence-corrected chi connectivity index (χ4v) is 1.56. The fraction of sp³-hybridized carbons (Fsp3) is 0.385. The van der Waals surface area contributed by atoms with Crippen molar-refractivity contribution >= 4 is 22.7 Å². The summed E-state index contributed by atoms with van der Waals surface area (Å²) in [7, 11) is 0. The summed E-state index contributed by atoms with van der Waals surface area (Å²) in [5.41, 5.74) is 7.58. The first kappa shape index (κ1) is 11.6. The van der Waals surface area contributed by atoms with Crippen LogP contribution in [0.3, 0.4) is 0 Å². The number of rotatable bonds is 4. The summed E-state index contributed by atoms with van der Waals surface area (Å²) < 4.78 is 0. The molecule has 4 nitrogen and oxygen atoms in total. The first-order valence-corrected chi connectivity index (χ1v) is 5.96. The molecule has 0 fully saturated rings. The number of fused-ring (bicyclic) bond motifs is 1. The number of hydrogen-bond acceptors (Lipinski definition) is 4. The molecule has 4 heteroatoms. The Morgan fingerprint density at radius 3 is 2.53 bits per heavy atom. The van der Waals surface area contributed by atoms with Crippen LogP contribution in [0.2, 0.25) is 0 Å². The molecule has 1 aromatic heterocycles. The van der Waals surface area contributed by atoms with E-state index in [0.29, 0.717) is 17.6 Å². The van der Waals surface area contributed by atoms with Gasteiger partial charge in [-0.25, -0.2) is 9.97 Å². The van der Waals surface area contributed by atoms with Gasteiger partial charge < -0.3 is 11.1 Å². The van der Waals surface area contributed by atoms with Gasteiger partial charge in [-0.3, -0.25) is 0 Å². The molecule has 0 bridgehead atoms. The van der Waals surface area contributed by atoms with Crippen molar-refractivity contribution in [2.24, 2.45) is 5.92 Å². The zero-order valence-corrected chi connectivity index (χ0v) is 10.3. The summed E-state index contributed by atoms with van der Waals surface area (Å²) in [5.74, 6) is 1.75. The molecule has 0 saturated heterocycles. The minimum atomic E-state index is 0.465. The van der Waals surface area contributed by atoms with Crippen LogP contribution in [-0.2, 0) is 0 Å². The molecule has 0 saturated carbocycles. The standard InChI is InChI=1S/C13H18N4/c1-3-9(2)8-15-13-12(14)16-10-6-4-5-7-11(10)17-13/h4-7,9H,3,8H2,1-2H3,(H2,14,16)(H,15,17). The third kappa shape index (κ3) is 2.64. The van der Waals surface area contributed by atoms with Crippen molar-refractivity contribution < 1.29 is 0 Å². The van der Waals surface area contributed by atoms with Crippen LogP contribution < -0.4 is 11.1 Å². The summed E-state index contributed by atoms with van der Waals surface area (Å²) >= 11 is 0. The van der Waals surface area contributed by atoms with Crippen LogP contribution in [0.5, 0.6) is 0 Å². The highest BCUT2D eigenvalue weighted by Crippen LogP contribution is 2.18. The molecule has 0 spiro atoms. The lowest BCUT2D eigenvalue weighted by atomic mass is 10.1. The lowest BCUT2D eigenvalue weighted by molar-refractivity contribution is 0.592. The highest BCUT2D eigenvalue weighted by atomic mass is 15.1. The molecule has 0 aliphatic carbocycles. The second-order valence-corrected chi connectivity index (χ2v) is 4.34. The van der Waals surface area contributed by atoms with Crippen LogP contribution in [0, 0.1) is 5.92 Å². The molecule has 2 rings (SSSR count). The van der Waals surface area contributed by atoms with Crippen LogP contribution in [0.15, 0.2) is 24.3 Å². The van der Waals surface area contributed by atoms with E-state index in [2.05, 4.69) is 29.1 Å². The van der Waals surface area contributed by atoms with Crippen molar-refractivity contribution in [3.05, 3.63) is 24.3 Å². The lowest BCUT2D eigenvalue weighted by Gasteiger charge is -2.12. The predicted molar refractivity (Wildman–Crippen MR) is 71.9 cm³/mol. The molecule has 0 aliphatic rings. The monoisotopic (exact) mass is 230 g/mol. The van der Waals surface area contributed by atoms with Crippen molar-refractivity contribution in [2.75, 3.05) is 17.6 Å². The highest BCUT2D eigenvalue weighted by molar-refractivity contribution is 5.79. The summed E-state index contributed by atoms with van der Waals surface area (Å²) in [6, 6.07) is 7.74. The molecule has 17 heavy (non-hydrogen) atoms. The van der Waals surface area contributed by atoms with E-state index in [1.54, 1.807) is 0 Å². The Morgan fingerprint density at radius 2 is 1.88 bits per heavy atom. The van der Waals surface area contributed by atoms with Crippen molar-refractivity contribution in [2.45, 2.75) is 20.3 Å². The third-order valence-corrected chi connectivity index (χ3v) is 2.91. The minimum Gasteiger partial charge on any atom is -0.381 e. The van der Waals surface area contributed by atoms with Crippen LogP contribution in [0.4, 0.5) is 11.6 Å². The SMILES string of the molecule is CCC(C)CNc1nc2ccccc2nc1N. The average Bonchev–Trinajstić information content (AvgIpc) is 2.35. The van der Waals surface area contributed by atoms with Crippen LogP contribution >= 0.6 is 0 Å². The summed E-state index contributed by atoms with van der Waals surface area (Å²) in [4.78, 5) is 8.81. The summed E-state index contributed by atoms with van der Waals surface area (Å²) in [5, 5.41) is 3.26. The molecule has 3 N–H and O–H groups in total. The second kappa shape index (κ2) is 4.99. The molecule has 0 radical (unpaired) electrons. The van der Waals surface area contributed by atoms with Gasteiger partial charge in [-0.15, -0.1) is 0 Å². The van der Waals surface area contributed by atoms with Gasteiger partial charge in [-0.1, -0.05) is 32.4 Å². The van der Waals surface area contributed by atoms with Gasteiger partial charge in [0.15, 0.2) is 11.6 Å². The summed E-state index contributed by atoms with van der Waals surface area (Å²) in [6.07, 6.45) is 1.13. The van der Waals surface area contributed by atoms with Crippen molar-refractivity contribution in [1.29, 1.82) is 0 Å². The number of hydrogen-bond donors (Lipinski definition) is 2. The zero-order chi connectivity index (χ0) is 12.3. The number of anilines is 2. The van der Waals surface area contributed by atoms with E-state index in [-0.39, 0.29) is 0 Å². The van der Waals surface area contributed by atoms with Gasteiger partial charge in [-0.05, 0) is 18.1 Å². The van der Waals surface area contributed by atoms with Gasteiger partial charge in [0, 0.05) is 6.54 Å². The van der Waals surface area contributed by atoms with Crippen LogP contribution in [0.1, 0.15) is 20.3 Å². The van der Waals surface area contributed by atoms with E-state index in [1.807, 2.05) is 24.3 Å². The zero-order valence-electron chi connectivity index (χ0n) is 10.3. The summed E-state index contributed by atoms with van der Waals surface area (Å²) in [6.45, 7) is 5.23. The van der Waals surface area contributed by atoms with Crippen molar-refractivity contribution in [1.82, 2.24) is 9.97 Å². The first-order valence-electron chi connectivity index (χ1n) is 5.96. The number of benzene rings is 1. The van der Waals surface area contributed by atoms with Crippen molar-refractivity contribution in [3.63, 3.8) is 0 Å². The maximum atomic E-state index is 5.88. The molecule has 90 valence electrons. The Hall–Kier alpha value is -1.84. The maximum absolute atomic E-state index is 5.88. The largest absolute Gasteiger partial charge is 0.381 e. The average molecular weight is 230 g/mol. The van der Waals surface area contributed by atoms with E-state index in [1.165, 1.54) is 0 Å². The second-order valence-electron chi connectivity index (χ2n) is 4.34. The van der Waals surface area contributed by atoms with Gasteiger partial charge in [0.2, 0.25) is 0 Å². The Labute approximate surface area is 101 Å². The smallest absolute Gasteiger partial charge is 0.169 e. The van der Waals surface area contributed by atoms with E-state index in [4.69, 9.17) is 5.73 Å². The predicted octanol–water partition coefficient (Wildman–Crippen LogP) is 2.67. The molecule has 2 aromatic rings. The number of aromatic nitrogens is 2. The van der Waals surface area contributed by atoms with E-state index < -0.39 is 0 Å². The molecular formula is C13H18N4. The number of nitrogens with two attached hydrogens (primary N) is 1. The van der Waals surface area contributed by atoms with Gasteiger partial charge >= 0.3 is 0 Å². The number of para-hydroxylation sites is 2.